The summed E-state index contributed by atoms with van der Waals surface area (Å²) in [7, 11) is 0. The molecule has 96 valence electrons. The van der Waals surface area contributed by atoms with E-state index < -0.39 is 0 Å². The molecule has 0 saturated carbocycles. The van der Waals surface area contributed by atoms with Crippen LogP contribution in [0.4, 0.5) is 0 Å². The fourth-order valence-corrected chi connectivity index (χ4v) is 2.74. The van der Waals surface area contributed by atoms with Gasteiger partial charge in [-0.1, -0.05) is 20.3 Å². The van der Waals surface area contributed by atoms with E-state index in [9.17, 15) is 0 Å². The number of nitrogens with zero attached hydrogens (tertiary/aromatic N) is 1. The lowest BCUT2D eigenvalue weighted by Gasteiger charge is -2.24. The van der Waals surface area contributed by atoms with Crippen molar-refractivity contribution >= 4 is 0 Å². The van der Waals surface area contributed by atoms with Crippen LogP contribution in [0, 0.1) is 5.92 Å². The van der Waals surface area contributed by atoms with Gasteiger partial charge in [-0.15, -0.1) is 0 Å². The third kappa shape index (κ3) is 4.81. The smallest absolute Gasteiger partial charge is 0.0446 e. The van der Waals surface area contributed by atoms with Gasteiger partial charge in [-0.2, -0.15) is 0 Å². The highest BCUT2D eigenvalue weighted by atomic mass is 16.3. The number of rotatable bonds is 8. The van der Waals surface area contributed by atoms with Crippen LogP contribution >= 0.6 is 0 Å². The average molecular weight is 228 g/mol. The van der Waals surface area contributed by atoms with E-state index in [1.807, 2.05) is 0 Å². The van der Waals surface area contributed by atoms with E-state index in [2.05, 4.69) is 24.1 Å². The Kier molecular flexibility index (Phi) is 7.01. The lowest BCUT2D eigenvalue weighted by molar-refractivity contribution is 0.226. The van der Waals surface area contributed by atoms with Crippen LogP contribution in [0.3, 0.4) is 0 Å². The molecule has 1 saturated heterocycles. The zero-order chi connectivity index (χ0) is 11.8. The van der Waals surface area contributed by atoms with Crippen LogP contribution in [-0.4, -0.2) is 48.8 Å². The minimum absolute atomic E-state index is 0.296. The van der Waals surface area contributed by atoms with Crippen LogP contribution in [0.25, 0.3) is 0 Å². The Morgan fingerprint density at radius 3 is 2.88 bits per heavy atom. The van der Waals surface area contributed by atoms with Gasteiger partial charge in [0, 0.05) is 25.7 Å². The molecular weight excluding hydrogens is 200 g/mol. The lowest BCUT2D eigenvalue weighted by Crippen LogP contribution is -2.40. The zero-order valence-electron chi connectivity index (χ0n) is 10.9. The first-order chi connectivity index (χ1) is 7.80. The van der Waals surface area contributed by atoms with Gasteiger partial charge in [-0.3, -0.25) is 0 Å². The SMILES string of the molecule is CCCC1CCN(CC(CCO)NCC)C1. The largest absolute Gasteiger partial charge is 0.396 e. The molecule has 2 N–H and O–H groups in total. The minimum Gasteiger partial charge on any atom is -0.396 e. The molecule has 0 aromatic carbocycles. The zero-order valence-corrected chi connectivity index (χ0v) is 10.9. The first-order valence-electron chi connectivity index (χ1n) is 6.86. The topological polar surface area (TPSA) is 35.5 Å². The number of hydrogen-bond acceptors (Lipinski definition) is 3. The molecule has 0 amide bonds. The molecule has 1 aliphatic rings. The molecule has 0 aromatic rings. The van der Waals surface area contributed by atoms with E-state index in [-0.39, 0.29) is 0 Å². The summed E-state index contributed by atoms with van der Waals surface area (Å²) in [6.45, 7) is 9.32. The van der Waals surface area contributed by atoms with Crippen molar-refractivity contribution in [3.63, 3.8) is 0 Å². The summed E-state index contributed by atoms with van der Waals surface area (Å²) in [4.78, 5) is 2.56. The molecule has 0 bridgehead atoms. The number of aliphatic hydroxyl groups is 1. The van der Waals surface area contributed by atoms with Crippen LogP contribution in [0.15, 0.2) is 0 Å². The van der Waals surface area contributed by atoms with Gasteiger partial charge >= 0.3 is 0 Å². The van der Waals surface area contributed by atoms with Gasteiger partial charge in [0.05, 0.1) is 0 Å². The summed E-state index contributed by atoms with van der Waals surface area (Å²) in [6.07, 6.45) is 4.93. The maximum atomic E-state index is 9.01. The Labute approximate surface area is 100 Å². The molecule has 16 heavy (non-hydrogen) atoms. The Hall–Kier alpha value is -0.120. The van der Waals surface area contributed by atoms with Crippen molar-refractivity contribution in [1.29, 1.82) is 0 Å². The van der Waals surface area contributed by atoms with Crippen molar-refractivity contribution in [1.82, 2.24) is 10.2 Å². The summed E-state index contributed by atoms with van der Waals surface area (Å²) in [5, 5.41) is 12.5. The number of hydrogen-bond donors (Lipinski definition) is 2. The van der Waals surface area contributed by atoms with E-state index in [0.29, 0.717) is 12.6 Å². The molecule has 0 spiro atoms. The Morgan fingerprint density at radius 2 is 2.25 bits per heavy atom. The van der Waals surface area contributed by atoms with E-state index in [1.165, 1.54) is 32.4 Å². The molecule has 0 radical (unpaired) electrons. The standard InChI is InChI=1S/C13H28N2O/c1-3-5-12-6-8-15(10-12)11-13(7-9-16)14-4-2/h12-14,16H,3-11H2,1-2H3. The predicted molar refractivity (Wildman–Crippen MR) is 68.6 cm³/mol. The number of nitrogens with one attached hydrogen (secondary N) is 1. The third-order valence-corrected chi connectivity index (χ3v) is 3.52. The Balaban J connectivity index is 2.24. The fourth-order valence-electron chi connectivity index (χ4n) is 2.74. The summed E-state index contributed by atoms with van der Waals surface area (Å²) in [6, 6.07) is 0.468. The van der Waals surface area contributed by atoms with Crippen molar-refractivity contribution in [3.8, 4) is 0 Å². The Bertz CT molecular complexity index is 169. The summed E-state index contributed by atoms with van der Waals surface area (Å²) in [5.74, 6) is 0.918. The molecule has 1 fully saturated rings. The second-order valence-electron chi connectivity index (χ2n) is 4.97. The normalized spacial score (nSPS) is 23.8. The van der Waals surface area contributed by atoms with Crippen LogP contribution in [0.2, 0.25) is 0 Å². The first kappa shape index (κ1) is 13.9. The van der Waals surface area contributed by atoms with Crippen LogP contribution in [0.5, 0.6) is 0 Å². The summed E-state index contributed by atoms with van der Waals surface area (Å²) < 4.78 is 0. The molecule has 3 nitrogen and oxygen atoms in total. The highest BCUT2D eigenvalue weighted by Gasteiger charge is 2.23. The van der Waals surface area contributed by atoms with E-state index in [1.54, 1.807) is 0 Å². The molecular formula is C13H28N2O. The third-order valence-electron chi connectivity index (χ3n) is 3.52. The second-order valence-corrected chi connectivity index (χ2v) is 4.97. The van der Waals surface area contributed by atoms with Gasteiger partial charge in [0.1, 0.15) is 0 Å². The quantitative estimate of drug-likeness (QED) is 0.660. The first-order valence-corrected chi connectivity index (χ1v) is 6.86. The maximum absolute atomic E-state index is 9.01. The van der Waals surface area contributed by atoms with Crippen LogP contribution in [-0.2, 0) is 0 Å². The molecule has 0 aromatic heterocycles. The maximum Gasteiger partial charge on any atom is 0.0446 e. The number of likely N-dealkylation sites (N-methyl/N-ethyl adjacent to an activating group) is 1. The van der Waals surface area contributed by atoms with Gasteiger partial charge in [-0.05, 0) is 38.3 Å². The van der Waals surface area contributed by atoms with E-state index >= 15 is 0 Å². The molecule has 1 heterocycles. The number of aliphatic hydroxyl groups excluding tert-OH is 1. The molecule has 3 heteroatoms. The average Bonchev–Trinajstić information content (AvgIpc) is 2.67. The highest BCUT2D eigenvalue weighted by Crippen LogP contribution is 2.20. The number of likely N-dealkylation sites (tertiary alicyclic amines) is 1. The second kappa shape index (κ2) is 8.04. The van der Waals surface area contributed by atoms with E-state index in [4.69, 9.17) is 5.11 Å². The molecule has 1 aliphatic heterocycles. The van der Waals surface area contributed by atoms with Gasteiger partial charge in [-0.25, -0.2) is 0 Å². The molecule has 2 atom stereocenters. The van der Waals surface area contributed by atoms with E-state index in [0.717, 1.165) is 25.4 Å². The van der Waals surface area contributed by atoms with Crippen molar-refractivity contribution in [2.24, 2.45) is 5.92 Å². The van der Waals surface area contributed by atoms with Gasteiger partial charge in [0.15, 0.2) is 0 Å². The van der Waals surface area contributed by atoms with Gasteiger partial charge < -0.3 is 15.3 Å². The summed E-state index contributed by atoms with van der Waals surface area (Å²) in [5.41, 5.74) is 0. The van der Waals surface area contributed by atoms with Gasteiger partial charge in [0.25, 0.3) is 0 Å². The summed E-state index contributed by atoms with van der Waals surface area (Å²) >= 11 is 0. The van der Waals surface area contributed by atoms with Crippen molar-refractivity contribution < 1.29 is 5.11 Å². The van der Waals surface area contributed by atoms with Crippen LogP contribution < -0.4 is 5.32 Å². The molecule has 1 rings (SSSR count). The van der Waals surface area contributed by atoms with Crippen molar-refractivity contribution in [3.05, 3.63) is 0 Å². The predicted octanol–water partition coefficient (Wildman–Crippen LogP) is 1.47. The molecule has 2 unspecified atom stereocenters. The Morgan fingerprint density at radius 1 is 1.44 bits per heavy atom. The van der Waals surface area contributed by atoms with Crippen molar-refractivity contribution in [2.45, 2.75) is 45.6 Å². The van der Waals surface area contributed by atoms with Crippen molar-refractivity contribution in [2.75, 3.05) is 32.8 Å². The lowest BCUT2D eigenvalue weighted by atomic mass is 10.0. The van der Waals surface area contributed by atoms with Crippen LogP contribution in [0.1, 0.15) is 39.5 Å². The highest BCUT2D eigenvalue weighted by molar-refractivity contribution is 4.79. The molecule has 0 aliphatic carbocycles. The monoisotopic (exact) mass is 228 g/mol. The van der Waals surface area contributed by atoms with Gasteiger partial charge in [0.2, 0.25) is 0 Å². The minimum atomic E-state index is 0.296. The fraction of sp³-hybridized carbons (Fsp3) is 1.00.